The fourth-order valence-corrected chi connectivity index (χ4v) is 5.06. The normalized spacial score (nSPS) is 19.5. The van der Waals surface area contributed by atoms with Crippen molar-refractivity contribution in [2.45, 2.75) is 25.1 Å². The minimum atomic E-state index is -0.671. The molecule has 2 saturated heterocycles. The molecule has 11 heteroatoms. The molecule has 1 aromatic heterocycles. The molecular weight excluding hydrogens is 486 g/mol. The number of hydrogen-bond donors (Lipinski definition) is 3. The molecule has 1 atom stereocenters. The minimum Gasteiger partial charge on any atom is -0.390 e. The van der Waals surface area contributed by atoms with Gasteiger partial charge in [-0.1, -0.05) is 24.3 Å². The third-order valence-electron chi connectivity index (χ3n) is 7.38. The van der Waals surface area contributed by atoms with E-state index in [0.717, 1.165) is 52.2 Å². The van der Waals surface area contributed by atoms with Crippen molar-refractivity contribution in [3.05, 3.63) is 47.2 Å². The van der Waals surface area contributed by atoms with Gasteiger partial charge in [0.05, 0.1) is 32.0 Å². The number of piperazine rings is 1. The summed E-state index contributed by atoms with van der Waals surface area (Å²) in [6.07, 6.45) is 0.303. The van der Waals surface area contributed by atoms with Gasteiger partial charge in [-0.15, -0.1) is 0 Å². The first-order valence-electron chi connectivity index (χ1n) is 13.5. The number of carbonyl (C=O) groups is 1. The zero-order valence-electron chi connectivity index (χ0n) is 22.1. The topological polar surface area (TPSA) is 115 Å². The summed E-state index contributed by atoms with van der Waals surface area (Å²) in [6.45, 7) is 8.54. The van der Waals surface area contributed by atoms with E-state index in [2.05, 4.69) is 54.6 Å². The predicted molar refractivity (Wildman–Crippen MR) is 145 cm³/mol. The van der Waals surface area contributed by atoms with Gasteiger partial charge in [-0.05, 0) is 17.5 Å². The molecule has 0 bridgehead atoms. The number of benzene rings is 1. The van der Waals surface area contributed by atoms with E-state index in [1.54, 1.807) is 13.2 Å². The maximum Gasteiger partial charge on any atom is 0.270 e. The number of fused-ring (bicyclic) bond motifs is 1. The molecule has 3 aliphatic heterocycles. The quantitative estimate of drug-likeness (QED) is 0.376. The number of methoxy groups -OCH3 is 1. The highest BCUT2D eigenvalue weighted by atomic mass is 16.5. The van der Waals surface area contributed by atoms with Crippen LogP contribution in [0.4, 0.5) is 11.8 Å². The molecule has 11 nitrogen and oxygen atoms in total. The number of aromatic nitrogens is 2. The van der Waals surface area contributed by atoms with Crippen molar-refractivity contribution in [1.82, 2.24) is 25.1 Å². The fraction of sp³-hybridized carbons (Fsp3) is 0.593. The van der Waals surface area contributed by atoms with Crippen molar-refractivity contribution in [3.8, 4) is 0 Å². The molecule has 38 heavy (non-hydrogen) atoms. The summed E-state index contributed by atoms with van der Waals surface area (Å²) in [5, 5.41) is 16.9. The van der Waals surface area contributed by atoms with Crippen LogP contribution in [0.3, 0.4) is 0 Å². The van der Waals surface area contributed by atoms with E-state index in [0.29, 0.717) is 43.8 Å². The van der Waals surface area contributed by atoms with E-state index in [9.17, 15) is 9.90 Å². The van der Waals surface area contributed by atoms with Crippen molar-refractivity contribution in [2.75, 3.05) is 89.5 Å². The van der Waals surface area contributed by atoms with Crippen LogP contribution in [0, 0.1) is 0 Å². The van der Waals surface area contributed by atoms with E-state index in [1.165, 1.54) is 11.1 Å². The van der Waals surface area contributed by atoms with Gasteiger partial charge in [0.1, 0.15) is 11.5 Å². The van der Waals surface area contributed by atoms with Crippen LogP contribution < -0.4 is 15.5 Å². The summed E-state index contributed by atoms with van der Waals surface area (Å²) in [5.41, 5.74) is 2.97. The molecule has 0 radical (unpaired) electrons. The SMILES string of the molecule is COCCN1CCN(c2nc(NC3COC3)cc(C(=O)NCC(O)CN3CCc4ccccc4C3)n2)CC1. The number of hydrogen-bond acceptors (Lipinski definition) is 10. The van der Waals surface area contributed by atoms with Crippen LogP contribution >= 0.6 is 0 Å². The lowest BCUT2D eigenvalue weighted by atomic mass is 10.00. The van der Waals surface area contributed by atoms with Gasteiger partial charge in [-0.2, -0.15) is 4.98 Å². The van der Waals surface area contributed by atoms with Crippen LogP contribution in [0.5, 0.6) is 0 Å². The largest absolute Gasteiger partial charge is 0.390 e. The molecule has 0 spiro atoms. The summed E-state index contributed by atoms with van der Waals surface area (Å²) in [6, 6.07) is 10.3. The van der Waals surface area contributed by atoms with Crippen LogP contribution in [-0.4, -0.2) is 122 Å². The Morgan fingerprint density at radius 1 is 1.13 bits per heavy atom. The summed E-state index contributed by atoms with van der Waals surface area (Å²) in [7, 11) is 1.72. The molecule has 2 fully saturated rings. The standard InChI is InChI=1S/C27H39N7O4/c1-37-13-12-32-8-10-34(11-9-32)27-30-24(14-25(31-27)29-22-18-38-19-22)26(36)28-15-23(35)17-33-7-6-20-4-2-3-5-21(20)16-33/h2-5,14,22-23,35H,6-13,15-19H2,1H3,(H,28,36)(H,29,30,31). The van der Waals surface area contributed by atoms with Gasteiger partial charge < -0.3 is 30.1 Å². The van der Waals surface area contributed by atoms with Crippen LogP contribution in [0.1, 0.15) is 21.6 Å². The number of ether oxygens (including phenoxy) is 2. The zero-order chi connectivity index (χ0) is 26.3. The smallest absolute Gasteiger partial charge is 0.270 e. The molecule has 1 amide bonds. The van der Waals surface area contributed by atoms with Crippen molar-refractivity contribution >= 4 is 17.7 Å². The second-order valence-corrected chi connectivity index (χ2v) is 10.3. The second kappa shape index (κ2) is 12.8. The second-order valence-electron chi connectivity index (χ2n) is 10.3. The number of carbonyl (C=O) groups excluding carboxylic acids is 1. The first-order chi connectivity index (χ1) is 18.6. The third-order valence-corrected chi connectivity index (χ3v) is 7.38. The highest BCUT2D eigenvalue weighted by Crippen LogP contribution is 2.20. The number of nitrogens with zero attached hydrogens (tertiary/aromatic N) is 5. The Balaban J connectivity index is 1.18. The summed E-state index contributed by atoms with van der Waals surface area (Å²) >= 11 is 0. The molecule has 1 aromatic carbocycles. The lowest BCUT2D eigenvalue weighted by Gasteiger charge is -2.35. The number of amides is 1. The van der Waals surface area contributed by atoms with E-state index in [4.69, 9.17) is 14.5 Å². The number of rotatable bonds is 11. The van der Waals surface area contributed by atoms with Gasteiger partial charge in [0.2, 0.25) is 5.95 Å². The van der Waals surface area contributed by atoms with Crippen LogP contribution in [0.2, 0.25) is 0 Å². The minimum absolute atomic E-state index is 0.160. The number of aliphatic hydroxyl groups is 1. The first kappa shape index (κ1) is 26.8. The van der Waals surface area contributed by atoms with E-state index < -0.39 is 6.10 Å². The van der Waals surface area contributed by atoms with Crippen LogP contribution in [0.25, 0.3) is 0 Å². The Hall–Kier alpha value is -2.83. The molecule has 5 rings (SSSR count). The van der Waals surface area contributed by atoms with Crippen molar-refractivity contribution in [3.63, 3.8) is 0 Å². The fourth-order valence-electron chi connectivity index (χ4n) is 5.06. The first-order valence-corrected chi connectivity index (χ1v) is 13.5. The molecule has 1 unspecified atom stereocenters. The molecule has 3 N–H and O–H groups in total. The number of nitrogens with one attached hydrogen (secondary N) is 2. The monoisotopic (exact) mass is 525 g/mol. The predicted octanol–water partition coefficient (Wildman–Crippen LogP) is 0.205. The molecule has 3 aliphatic rings. The van der Waals surface area contributed by atoms with Gasteiger partial charge in [-0.3, -0.25) is 14.6 Å². The Morgan fingerprint density at radius 2 is 1.92 bits per heavy atom. The van der Waals surface area contributed by atoms with Gasteiger partial charge in [0.25, 0.3) is 5.91 Å². The Kier molecular flexibility index (Phi) is 9.02. The molecule has 2 aromatic rings. The molecule has 0 aliphatic carbocycles. The van der Waals surface area contributed by atoms with Crippen LogP contribution in [-0.2, 0) is 22.4 Å². The van der Waals surface area contributed by atoms with Gasteiger partial charge in [0.15, 0.2) is 0 Å². The average molecular weight is 526 g/mol. The lowest BCUT2D eigenvalue weighted by Crippen LogP contribution is -2.48. The van der Waals surface area contributed by atoms with E-state index in [-0.39, 0.29) is 18.5 Å². The van der Waals surface area contributed by atoms with Gasteiger partial charge >= 0.3 is 0 Å². The average Bonchev–Trinajstić information content (AvgIpc) is 2.92. The molecule has 4 heterocycles. The van der Waals surface area contributed by atoms with Crippen LogP contribution in [0.15, 0.2) is 30.3 Å². The molecule has 206 valence electrons. The molecular formula is C27H39N7O4. The van der Waals surface area contributed by atoms with Crippen molar-refractivity contribution in [1.29, 1.82) is 0 Å². The van der Waals surface area contributed by atoms with Gasteiger partial charge in [-0.25, -0.2) is 4.98 Å². The maximum absolute atomic E-state index is 13.1. The van der Waals surface area contributed by atoms with E-state index in [1.807, 2.05) is 0 Å². The number of aliphatic hydroxyl groups excluding tert-OH is 1. The molecule has 0 saturated carbocycles. The Bertz CT molecular complexity index is 1080. The van der Waals surface area contributed by atoms with Crippen molar-refractivity contribution in [2.24, 2.45) is 0 Å². The van der Waals surface area contributed by atoms with Gasteiger partial charge in [0, 0.05) is 72.1 Å². The maximum atomic E-state index is 13.1. The highest BCUT2D eigenvalue weighted by Gasteiger charge is 2.24. The lowest BCUT2D eigenvalue weighted by molar-refractivity contribution is 0.0209. The zero-order valence-corrected chi connectivity index (χ0v) is 22.1. The third kappa shape index (κ3) is 6.97. The summed E-state index contributed by atoms with van der Waals surface area (Å²) in [4.78, 5) is 29.1. The number of anilines is 2. The Morgan fingerprint density at radius 3 is 2.66 bits per heavy atom. The summed E-state index contributed by atoms with van der Waals surface area (Å²) in [5.74, 6) is 0.838. The van der Waals surface area contributed by atoms with Crippen molar-refractivity contribution < 1.29 is 19.4 Å². The highest BCUT2D eigenvalue weighted by molar-refractivity contribution is 5.93. The number of β-amino-alcohol motifs (C(OH)–C–C–N with tert-alkyl or cyclic N) is 1. The summed E-state index contributed by atoms with van der Waals surface area (Å²) < 4.78 is 10.5. The Labute approximate surface area is 224 Å². The van der Waals surface area contributed by atoms with E-state index >= 15 is 0 Å².